The molecule has 0 aliphatic rings. The van der Waals surface area contributed by atoms with E-state index < -0.39 is 10.0 Å². The second kappa shape index (κ2) is 7.38. The van der Waals surface area contributed by atoms with Gasteiger partial charge < -0.3 is 5.32 Å². The number of hydrogen-bond donors (Lipinski definition) is 2. The molecule has 1 amide bonds. The van der Waals surface area contributed by atoms with E-state index in [1.165, 1.54) is 12.1 Å². The molecule has 0 fully saturated rings. The number of carbonyl (C=O) groups is 1. The Hall–Kier alpha value is -0.920. The minimum absolute atomic E-state index is 0.0223. The monoisotopic (exact) mass is 376 g/mol. The molecule has 0 aliphatic heterocycles. The zero-order valence-corrected chi connectivity index (χ0v) is 14.8. The van der Waals surface area contributed by atoms with Crippen LogP contribution in [0, 0.1) is 5.92 Å². The second-order valence-electron chi connectivity index (χ2n) is 5.03. The van der Waals surface area contributed by atoms with Crippen molar-refractivity contribution in [1.29, 1.82) is 0 Å². The lowest BCUT2D eigenvalue weighted by molar-refractivity contribution is 0.0925. The van der Waals surface area contributed by atoms with Crippen molar-refractivity contribution >= 4 is 31.9 Å². The van der Waals surface area contributed by atoms with Crippen LogP contribution in [-0.4, -0.2) is 20.4 Å². The van der Waals surface area contributed by atoms with Crippen LogP contribution >= 0.6 is 15.9 Å². The summed E-state index contributed by atoms with van der Waals surface area (Å²) in [6, 6.07) is 4.38. The van der Waals surface area contributed by atoms with Crippen molar-refractivity contribution in [3.8, 4) is 0 Å². The second-order valence-corrected chi connectivity index (χ2v) is 7.41. The molecule has 1 atom stereocenters. The molecule has 1 unspecified atom stereocenters. The van der Waals surface area contributed by atoms with Gasteiger partial charge in [0.25, 0.3) is 5.91 Å². The van der Waals surface area contributed by atoms with Gasteiger partial charge in [0.05, 0.1) is 4.90 Å². The fourth-order valence-electron chi connectivity index (χ4n) is 2.27. The fourth-order valence-corrected chi connectivity index (χ4v) is 3.82. The quantitative estimate of drug-likeness (QED) is 0.799. The predicted molar refractivity (Wildman–Crippen MR) is 86.5 cm³/mol. The van der Waals surface area contributed by atoms with Crippen molar-refractivity contribution in [1.82, 2.24) is 5.32 Å². The number of halogens is 1. The first-order chi connectivity index (χ1) is 9.70. The molecule has 0 bridgehead atoms. The molecular formula is C14H21BrN2O3S. The van der Waals surface area contributed by atoms with Gasteiger partial charge in [0.2, 0.25) is 10.0 Å². The van der Waals surface area contributed by atoms with E-state index in [1.807, 2.05) is 6.92 Å². The van der Waals surface area contributed by atoms with Gasteiger partial charge in [0, 0.05) is 16.1 Å². The number of amides is 1. The maximum Gasteiger partial charge on any atom is 0.251 e. The lowest BCUT2D eigenvalue weighted by Crippen LogP contribution is -2.37. The molecule has 0 aromatic heterocycles. The molecule has 7 heteroatoms. The summed E-state index contributed by atoms with van der Waals surface area (Å²) in [7, 11) is -3.87. The van der Waals surface area contributed by atoms with Crippen molar-refractivity contribution in [2.75, 3.05) is 0 Å². The summed E-state index contributed by atoms with van der Waals surface area (Å²) < 4.78 is 23.3. The number of nitrogens with two attached hydrogens (primary N) is 1. The molecule has 21 heavy (non-hydrogen) atoms. The molecule has 1 aromatic rings. The van der Waals surface area contributed by atoms with Crippen LogP contribution in [0.2, 0.25) is 0 Å². The summed E-state index contributed by atoms with van der Waals surface area (Å²) in [6.07, 6.45) is 1.95. The molecule has 0 heterocycles. The van der Waals surface area contributed by atoms with Crippen LogP contribution in [0.15, 0.2) is 27.6 Å². The van der Waals surface area contributed by atoms with Crippen LogP contribution in [-0.2, 0) is 10.0 Å². The Bertz CT molecular complexity index is 613. The smallest absolute Gasteiger partial charge is 0.251 e. The van der Waals surface area contributed by atoms with Crippen molar-refractivity contribution in [2.24, 2.45) is 11.1 Å². The lowest BCUT2D eigenvalue weighted by atomic mass is 9.95. The third-order valence-corrected chi connectivity index (χ3v) is 5.52. The predicted octanol–water partition coefficient (Wildman–Crippen LogP) is 2.65. The number of carbonyl (C=O) groups excluding carboxylic acids is 1. The highest BCUT2D eigenvalue weighted by molar-refractivity contribution is 9.10. The van der Waals surface area contributed by atoms with E-state index in [9.17, 15) is 13.2 Å². The third-order valence-electron chi connectivity index (χ3n) is 3.61. The normalized spacial score (nSPS) is 13.2. The Balaban J connectivity index is 2.99. The molecule has 0 saturated heterocycles. The molecule has 1 rings (SSSR count). The van der Waals surface area contributed by atoms with Crippen LogP contribution in [0.4, 0.5) is 0 Å². The van der Waals surface area contributed by atoms with Crippen molar-refractivity contribution < 1.29 is 13.2 Å². The first kappa shape index (κ1) is 18.1. The summed E-state index contributed by atoms with van der Waals surface area (Å²) in [5, 5.41) is 8.04. The summed E-state index contributed by atoms with van der Waals surface area (Å²) in [4.78, 5) is 12.1. The first-order valence-corrected chi connectivity index (χ1v) is 9.17. The van der Waals surface area contributed by atoms with Crippen LogP contribution in [0.3, 0.4) is 0 Å². The molecule has 0 saturated carbocycles. The molecule has 0 radical (unpaired) electrons. The number of benzene rings is 1. The average molecular weight is 377 g/mol. The fraction of sp³-hybridized carbons (Fsp3) is 0.500. The van der Waals surface area contributed by atoms with Gasteiger partial charge in [0.15, 0.2) is 0 Å². The minimum Gasteiger partial charge on any atom is -0.349 e. The van der Waals surface area contributed by atoms with E-state index in [0.29, 0.717) is 10.4 Å². The van der Waals surface area contributed by atoms with Crippen molar-refractivity contribution in [3.05, 3.63) is 28.2 Å². The standard InChI is InChI=1S/C14H21BrN2O3S/c1-4-10(5-2)9(3)17-14(18)11-6-7-12(15)13(8-11)21(16,19)20/h6-10H,4-5H2,1-3H3,(H,17,18)(H2,16,19,20). The third kappa shape index (κ3) is 4.79. The zero-order valence-electron chi connectivity index (χ0n) is 12.4. The van der Waals surface area contributed by atoms with Gasteiger partial charge in [-0.2, -0.15) is 0 Å². The highest BCUT2D eigenvalue weighted by Gasteiger charge is 2.19. The van der Waals surface area contributed by atoms with E-state index in [2.05, 4.69) is 35.1 Å². The van der Waals surface area contributed by atoms with Gasteiger partial charge in [0.1, 0.15) is 0 Å². The molecule has 5 nitrogen and oxygen atoms in total. The van der Waals surface area contributed by atoms with Gasteiger partial charge in [-0.1, -0.05) is 26.7 Å². The topological polar surface area (TPSA) is 89.3 Å². The zero-order chi connectivity index (χ0) is 16.2. The summed E-state index contributed by atoms with van der Waals surface area (Å²) in [5.41, 5.74) is 0.278. The maximum absolute atomic E-state index is 12.2. The largest absolute Gasteiger partial charge is 0.349 e. The van der Waals surface area contributed by atoms with Gasteiger partial charge in [-0.15, -0.1) is 0 Å². The van der Waals surface area contributed by atoms with E-state index in [4.69, 9.17) is 5.14 Å². The summed E-state index contributed by atoms with van der Waals surface area (Å²) in [6.45, 7) is 6.11. The van der Waals surface area contributed by atoms with Crippen LogP contribution in [0.25, 0.3) is 0 Å². The maximum atomic E-state index is 12.2. The number of nitrogens with one attached hydrogen (secondary N) is 1. The van der Waals surface area contributed by atoms with E-state index >= 15 is 0 Å². The lowest BCUT2D eigenvalue weighted by Gasteiger charge is -2.22. The highest BCUT2D eigenvalue weighted by Crippen LogP contribution is 2.22. The molecular weight excluding hydrogens is 356 g/mol. The van der Waals surface area contributed by atoms with Crippen molar-refractivity contribution in [3.63, 3.8) is 0 Å². The van der Waals surface area contributed by atoms with E-state index in [1.54, 1.807) is 6.07 Å². The number of hydrogen-bond acceptors (Lipinski definition) is 3. The molecule has 0 aliphatic carbocycles. The van der Waals surface area contributed by atoms with Crippen LogP contribution in [0.5, 0.6) is 0 Å². The number of rotatable bonds is 6. The highest BCUT2D eigenvalue weighted by atomic mass is 79.9. The first-order valence-electron chi connectivity index (χ1n) is 6.83. The minimum atomic E-state index is -3.87. The Morgan fingerprint density at radius 3 is 2.38 bits per heavy atom. The van der Waals surface area contributed by atoms with E-state index in [0.717, 1.165) is 12.8 Å². The summed E-state index contributed by atoms with van der Waals surface area (Å²) in [5.74, 6) is 0.0916. The van der Waals surface area contributed by atoms with Gasteiger partial charge in [-0.3, -0.25) is 4.79 Å². The SMILES string of the molecule is CCC(CC)C(C)NC(=O)c1ccc(Br)c(S(N)(=O)=O)c1. The molecule has 3 N–H and O–H groups in total. The molecule has 1 aromatic carbocycles. The van der Waals surface area contributed by atoms with Gasteiger partial charge in [-0.25, -0.2) is 13.6 Å². The number of sulfonamides is 1. The Morgan fingerprint density at radius 2 is 1.90 bits per heavy atom. The van der Waals surface area contributed by atoms with Crippen molar-refractivity contribution in [2.45, 2.75) is 44.6 Å². The summed E-state index contributed by atoms with van der Waals surface area (Å²) >= 11 is 3.12. The Morgan fingerprint density at radius 1 is 1.33 bits per heavy atom. The average Bonchev–Trinajstić information content (AvgIpc) is 2.39. The Kier molecular flexibility index (Phi) is 6.37. The van der Waals surface area contributed by atoms with Crippen LogP contribution in [0.1, 0.15) is 44.0 Å². The van der Waals surface area contributed by atoms with Gasteiger partial charge >= 0.3 is 0 Å². The van der Waals surface area contributed by atoms with Crippen LogP contribution < -0.4 is 10.5 Å². The van der Waals surface area contributed by atoms with Gasteiger partial charge in [-0.05, 0) is 47.0 Å². The van der Waals surface area contributed by atoms with E-state index in [-0.39, 0.29) is 22.4 Å². The Labute approximate surface area is 134 Å². The number of primary sulfonamides is 1. The molecule has 0 spiro atoms. The molecule has 118 valence electrons.